The van der Waals surface area contributed by atoms with Crippen molar-refractivity contribution in [2.24, 2.45) is 0 Å². The molecule has 0 fully saturated rings. The zero-order chi connectivity index (χ0) is 15.2. The zero-order valence-corrected chi connectivity index (χ0v) is 13.4. The first kappa shape index (κ1) is 15.5. The predicted octanol–water partition coefficient (Wildman–Crippen LogP) is 3.52. The van der Waals surface area contributed by atoms with Crippen LogP contribution in [-0.4, -0.2) is 18.1 Å². The number of benzene rings is 1. The maximum absolute atomic E-state index is 4.26. The molecule has 0 atom stereocenters. The van der Waals surface area contributed by atoms with Gasteiger partial charge in [0.2, 0.25) is 0 Å². The van der Waals surface area contributed by atoms with E-state index in [9.17, 15) is 0 Å². The second kappa shape index (κ2) is 7.23. The van der Waals surface area contributed by atoms with Crippen molar-refractivity contribution in [1.29, 1.82) is 0 Å². The summed E-state index contributed by atoms with van der Waals surface area (Å²) in [5.74, 6) is 0. The van der Waals surface area contributed by atoms with Crippen LogP contribution in [-0.2, 0) is 13.1 Å². The van der Waals surface area contributed by atoms with E-state index in [1.807, 2.05) is 12.4 Å². The van der Waals surface area contributed by atoms with Crippen LogP contribution >= 0.6 is 0 Å². The summed E-state index contributed by atoms with van der Waals surface area (Å²) in [7, 11) is 2.13. The van der Waals surface area contributed by atoms with Crippen LogP contribution < -0.4 is 10.2 Å². The molecule has 21 heavy (non-hydrogen) atoms. The Hall–Kier alpha value is -1.87. The summed E-state index contributed by atoms with van der Waals surface area (Å²) in [5, 5.41) is 3.46. The second-order valence-electron chi connectivity index (χ2n) is 5.88. The number of nitrogens with one attached hydrogen (secondary N) is 1. The molecule has 0 aliphatic carbocycles. The van der Waals surface area contributed by atoms with Crippen molar-refractivity contribution in [3.05, 3.63) is 59.4 Å². The Morgan fingerprint density at radius 3 is 2.52 bits per heavy atom. The monoisotopic (exact) mass is 283 g/mol. The van der Waals surface area contributed by atoms with Crippen molar-refractivity contribution in [2.75, 3.05) is 11.9 Å². The van der Waals surface area contributed by atoms with Gasteiger partial charge in [-0.25, -0.2) is 0 Å². The number of hydrogen-bond acceptors (Lipinski definition) is 3. The van der Waals surface area contributed by atoms with Gasteiger partial charge < -0.3 is 10.2 Å². The van der Waals surface area contributed by atoms with E-state index in [0.717, 1.165) is 13.1 Å². The lowest BCUT2D eigenvalue weighted by Crippen LogP contribution is -2.24. The molecule has 2 aromatic rings. The van der Waals surface area contributed by atoms with Gasteiger partial charge in [0.1, 0.15) is 0 Å². The summed E-state index contributed by atoms with van der Waals surface area (Å²) in [6, 6.07) is 11.3. The minimum absolute atomic E-state index is 0.473. The minimum Gasteiger partial charge on any atom is -0.370 e. The lowest BCUT2D eigenvalue weighted by Gasteiger charge is -2.23. The summed E-state index contributed by atoms with van der Waals surface area (Å²) in [6.45, 7) is 8.18. The van der Waals surface area contributed by atoms with Gasteiger partial charge in [-0.3, -0.25) is 4.98 Å². The number of hydrogen-bond donors (Lipinski definition) is 1. The largest absolute Gasteiger partial charge is 0.370 e. The van der Waals surface area contributed by atoms with Gasteiger partial charge in [0.05, 0.1) is 0 Å². The lowest BCUT2D eigenvalue weighted by molar-refractivity contribution is 0.587. The summed E-state index contributed by atoms with van der Waals surface area (Å²) >= 11 is 0. The van der Waals surface area contributed by atoms with Gasteiger partial charge >= 0.3 is 0 Å². The fourth-order valence-corrected chi connectivity index (χ4v) is 2.30. The van der Waals surface area contributed by atoms with Gasteiger partial charge in [0.25, 0.3) is 0 Å². The first-order chi connectivity index (χ1) is 10.1. The molecule has 1 N–H and O–H groups in total. The average Bonchev–Trinajstić information content (AvgIpc) is 2.47. The fourth-order valence-electron chi connectivity index (χ4n) is 2.30. The summed E-state index contributed by atoms with van der Waals surface area (Å²) in [4.78, 5) is 6.54. The van der Waals surface area contributed by atoms with Crippen LogP contribution in [0.25, 0.3) is 0 Å². The first-order valence-electron chi connectivity index (χ1n) is 7.49. The van der Waals surface area contributed by atoms with E-state index >= 15 is 0 Å². The molecule has 0 spiro atoms. The van der Waals surface area contributed by atoms with Crippen LogP contribution in [0.2, 0.25) is 0 Å². The number of nitrogens with zero attached hydrogens (tertiary/aromatic N) is 2. The van der Waals surface area contributed by atoms with E-state index in [1.54, 1.807) is 0 Å². The Balaban J connectivity index is 2.11. The van der Waals surface area contributed by atoms with Gasteiger partial charge in [0, 0.05) is 49.8 Å². The standard InChI is InChI=1S/C18H25N3/c1-14(2)20-12-17-11-19-10-9-18(17)21(4)13-16-7-5-15(3)6-8-16/h5-11,14,20H,12-13H2,1-4H3. The molecule has 1 aromatic carbocycles. The van der Waals surface area contributed by atoms with Crippen LogP contribution in [0.3, 0.4) is 0 Å². The number of aryl methyl sites for hydroxylation is 1. The highest BCUT2D eigenvalue weighted by Gasteiger charge is 2.08. The molecular formula is C18H25N3. The van der Waals surface area contributed by atoms with Crippen molar-refractivity contribution in [2.45, 2.75) is 39.9 Å². The van der Waals surface area contributed by atoms with Crippen molar-refractivity contribution in [3.8, 4) is 0 Å². The second-order valence-corrected chi connectivity index (χ2v) is 5.88. The fraction of sp³-hybridized carbons (Fsp3) is 0.389. The lowest BCUT2D eigenvalue weighted by atomic mass is 10.1. The van der Waals surface area contributed by atoms with Crippen LogP contribution in [0.15, 0.2) is 42.7 Å². The number of anilines is 1. The minimum atomic E-state index is 0.473. The zero-order valence-electron chi connectivity index (χ0n) is 13.4. The van der Waals surface area contributed by atoms with Gasteiger partial charge in [-0.15, -0.1) is 0 Å². The molecule has 3 nitrogen and oxygen atoms in total. The van der Waals surface area contributed by atoms with E-state index < -0.39 is 0 Å². The Morgan fingerprint density at radius 1 is 1.14 bits per heavy atom. The highest BCUT2D eigenvalue weighted by Crippen LogP contribution is 2.20. The molecule has 0 saturated heterocycles. The third-order valence-electron chi connectivity index (χ3n) is 3.53. The van der Waals surface area contributed by atoms with Gasteiger partial charge in [0.15, 0.2) is 0 Å². The predicted molar refractivity (Wildman–Crippen MR) is 89.5 cm³/mol. The van der Waals surface area contributed by atoms with Gasteiger partial charge in [-0.1, -0.05) is 43.7 Å². The SMILES string of the molecule is Cc1ccc(CN(C)c2ccncc2CNC(C)C)cc1. The van der Waals surface area contributed by atoms with Crippen LogP contribution in [0.1, 0.15) is 30.5 Å². The normalized spacial score (nSPS) is 10.9. The van der Waals surface area contributed by atoms with Crippen LogP contribution in [0, 0.1) is 6.92 Å². The molecule has 0 aliphatic rings. The van der Waals surface area contributed by atoms with E-state index in [4.69, 9.17) is 0 Å². The van der Waals surface area contributed by atoms with Crippen molar-refractivity contribution in [1.82, 2.24) is 10.3 Å². The third kappa shape index (κ3) is 4.57. The van der Waals surface area contributed by atoms with E-state index in [0.29, 0.717) is 6.04 Å². The Morgan fingerprint density at radius 2 is 1.86 bits per heavy atom. The third-order valence-corrected chi connectivity index (χ3v) is 3.53. The molecule has 0 bridgehead atoms. The van der Waals surface area contributed by atoms with E-state index in [-0.39, 0.29) is 0 Å². The first-order valence-corrected chi connectivity index (χ1v) is 7.49. The molecule has 1 heterocycles. The topological polar surface area (TPSA) is 28.2 Å². The van der Waals surface area contributed by atoms with E-state index in [2.05, 4.69) is 73.4 Å². The van der Waals surface area contributed by atoms with E-state index in [1.165, 1.54) is 22.4 Å². The Kier molecular flexibility index (Phi) is 5.34. The molecule has 0 saturated carbocycles. The quantitative estimate of drug-likeness (QED) is 0.879. The van der Waals surface area contributed by atoms with Crippen molar-refractivity contribution >= 4 is 5.69 Å². The Bertz CT molecular complexity index is 561. The maximum Gasteiger partial charge on any atom is 0.0443 e. The molecule has 0 aliphatic heterocycles. The highest BCUT2D eigenvalue weighted by atomic mass is 15.1. The van der Waals surface area contributed by atoms with Crippen LogP contribution in [0.5, 0.6) is 0 Å². The molecule has 0 unspecified atom stereocenters. The molecule has 112 valence electrons. The number of aromatic nitrogens is 1. The maximum atomic E-state index is 4.26. The average molecular weight is 283 g/mol. The molecule has 0 amide bonds. The van der Waals surface area contributed by atoms with Crippen molar-refractivity contribution < 1.29 is 0 Å². The van der Waals surface area contributed by atoms with Gasteiger partial charge in [-0.2, -0.15) is 0 Å². The molecular weight excluding hydrogens is 258 g/mol. The number of pyridine rings is 1. The van der Waals surface area contributed by atoms with Crippen LogP contribution in [0.4, 0.5) is 5.69 Å². The smallest absolute Gasteiger partial charge is 0.0443 e. The highest BCUT2D eigenvalue weighted by molar-refractivity contribution is 5.52. The molecule has 1 aromatic heterocycles. The van der Waals surface area contributed by atoms with Gasteiger partial charge in [-0.05, 0) is 18.6 Å². The summed E-state index contributed by atoms with van der Waals surface area (Å²) in [5.41, 5.74) is 5.09. The summed E-state index contributed by atoms with van der Waals surface area (Å²) < 4.78 is 0. The molecule has 3 heteroatoms. The molecule has 0 radical (unpaired) electrons. The number of rotatable bonds is 6. The molecule has 2 rings (SSSR count). The Labute approximate surface area is 128 Å². The van der Waals surface area contributed by atoms with Crippen molar-refractivity contribution in [3.63, 3.8) is 0 Å². The summed E-state index contributed by atoms with van der Waals surface area (Å²) in [6.07, 6.45) is 3.82.